The molecule has 0 fully saturated rings. The van der Waals surface area contributed by atoms with E-state index < -0.39 is 14.9 Å². The maximum atomic E-state index is 12.4. The van der Waals surface area contributed by atoms with Gasteiger partial charge in [-0.25, -0.2) is 8.42 Å². The predicted molar refractivity (Wildman–Crippen MR) is 79.0 cm³/mol. The van der Waals surface area contributed by atoms with Crippen LogP contribution >= 0.6 is 0 Å². The molecule has 0 atom stereocenters. The van der Waals surface area contributed by atoms with Crippen LogP contribution in [0.2, 0.25) is 0 Å². The summed E-state index contributed by atoms with van der Waals surface area (Å²) >= 11 is 0. The molecular weight excluding hydrogens is 296 g/mol. The fraction of sp³-hybridized carbons (Fsp3) is 0.538. The van der Waals surface area contributed by atoms with E-state index >= 15 is 0 Å². The van der Waals surface area contributed by atoms with Gasteiger partial charge in [-0.1, -0.05) is 20.8 Å². The maximum absolute atomic E-state index is 12.4. The minimum atomic E-state index is -3.72. The number of nitro groups is 1. The smallest absolute Gasteiger partial charge is 0.312 e. The van der Waals surface area contributed by atoms with Crippen molar-refractivity contribution in [2.24, 2.45) is 0 Å². The number of benzene rings is 1. The molecule has 21 heavy (non-hydrogen) atoms. The van der Waals surface area contributed by atoms with Crippen molar-refractivity contribution in [2.45, 2.75) is 32.1 Å². The molecule has 0 heterocycles. The molecule has 0 aliphatic carbocycles. The van der Waals surface area contributed by atoms with E-state index in [0.29, 0.717) is 26.1 Å². The lowest BCUT2D eigenvalue weighted by molar-refractivity contribution is -0.386. The van der Waals surface area contributed by atoms with Crippen molar-refractivity contribution < 1.29 is 18.1 Å². The topological polar surface area (TPSA) is 89.8 Å². The minimum Gasteiger partial charge on any atom is -0.487 e. The molecule has 0 aromatic heterocycles. The Hall–Kier alpha value is -1.67. The van der Waals surface area contributed by atoms with Gasteiger partial charge in [0, 0.05) is 19.2 Å². The highest BCUT2D eigenvalue weighted by molar-refractivity contribution is 7.89. The zero-order chi connectivity index (χ0) is 16.0. The molecule has 0 spiro atoms. The lowest BCUT2D eigenvalue weighted by atomic mass is 10.3. The summed E-state index contributed by atoms with van der Waals surface area (Å²) in [6.45, 7) is 6.26. The van der Waals surface area contributed by atoms with E-state index in [1.165, 1.54) is 16.4 Å². The predicted octanol–water partition coefficient (Wildman–Crippen LogP) is 2.41. The number of hydrogen-bond acceptors (Lipinski definition) is 5. The van der Waals surface area contributed by atoms with Crippen LogP contribution in [-0.4, -0.2) is 37.3 Å². The van der Waals surface area contributed by atoms with E-state index in [9.17, 15) is 18.5 Å². The summed E-state index contributed by atoms with van der Waals surface area (Å²) in [5.74, 6) is 0.0837. The van der Waals surface area contributed by atoms with Crippen LogP contribution in [0.3, 0.4) is 0 Å². The van der Waals surface area contributed by atoms with Gasteiger partial charge in [-0.2, -0.15) is 4.31 Å². The highest BCUT2D eigenvalue weighted by atomic mass is 32.2. The van der Waals surface area contributed by atoms with Crippen molar-refractivity contribution in [1.82, 2.24) is 4.31 Å². The first-order valence-corrected chi connectivity index (χ1v) is 8.23. The molecule has 1 rings (SSSR count). The number of hydrogen-bond donors (Lipinski definition) is 0. The van der Waals surface area contributed by atoms with Gasteiger partial charge in [0.2, 0.25) is 10.0 Å². The quantitative estimate of drug-likeness (QED) is 0.542. The van der Waals surface area contributed by atoms with Gasteiger partial charge >= 0.3 is 5.69 Å². The Morgan fingerprint density at radius 3 is 2.33 bits per heavy atom. The number of nitrogens with zero attached hydrogens (tertiary/aromatic N) is 2. The molecule has 0 bridgehead atoms. The van der Waals surface area contributed by atoms with Crippen molar-refractivity contribution in [3.05, 3.63) is 28.3 Å². The molecule has 1 aromatic rings. The summed E-state index contributed by atoms with van der Waals surface area (Å²) in [7, 11) is -3.72. The molecule has 0 aliphatic heterocycles. The molecule has 0 radical (unpaired) electrons. The van der Waals surface area contributed by atoms with Crippen LogP contribution in [-0.2, 0) is 10.0 Å². The van der Waals surface area contributed by atoms with E-state index in [0.717, 1.165) is 6.07 Å². The van der Waals surface area contributed by atoms with E-state index in [4.69, 9.17) is 4.74 Å². The second-order valence-electron chi connectivity index (χ2n) is 4.32. The number of rotatable bonds is 8. The third kappa shape index (κ3) is 3.92. The van der Waals surface area contributed by atoms with E-state index in [1.807, 2.05) is 6.92 Å². The van der Waals surface area contributed by atoms with Gasteiger partial charge in [-0.3, -0.25) is 10.1 Å². The maximum Gasteiger partial charge on any atom is 0.312 e. The molecule has 0 aliphatic rings. The van der Waals surface area contributed by atoms with Crippen molar-refractivity contribution in [3.8, 4) is 5.75 Å². The van der Waals surface area contributed by atoms with Crippen LogP contribution < -0.4 is 4.74 Å². The van der Waals surface area contributed by atoms with Gasteiger partial charge < -0.3 is 4.74 Å². The summed E-state index contributed by atoms with van der Waals surface area (Å²) < 4.78 is 31.2. The summed E-state index contributed by atoms with van der Waals surface area (Å²) in [5, 5.41) is 11.1. The second-order valence-corrected chi connectivity index (χ2v) is 6.26. The van der Waals surface area contributed by atoms with Gasteiger partial charge in [0.1, 0.15) is 0 Å². The summed E-state index contributed by atoms with van der Waals surface area (Å²) in [6.07, 6.45) is 0.705. The third-order valence-corrected chi connectivity index (χ3v) is 4.98. The van der Waals surface area contributed by atoms with Crippen LogP contribution in [0.4, 0.5) is 5.69 Å². The number of ether oxygens (including phenoxy) is 1. The van der Waals surface area contributed by atoms with Crippen LogP contribution in [0.1, 0.15) is 27.2 Å². The summed E-state index contributed by atoms with van der Waals surface area (Å²) in [6, 6.07) is 3.73. The van der Waals surface area contributed by atoms with E-state index in [2.05, 4.69) is 0 Å². The number of nitro benzene ring substituents is 1. The average Bonchev–Trinajstić information content (AvgIpc) is 2.45. The van der Waals surface area contributed by atoms with Gasteiger partial charge in [0.05, 0.1) is 16.4 Å². The molecule has 0 saturated carbocycles. The largest absolute Gasteiger partial charge is 0.487 e. The fourth-order valence-electron chi connectivity index (χ4n) is 1.85. The van der Waals surface area contributed by atoms with Crippen molar-refractivity contribution in [1.29, 1.82) is 0 Å². The Morgan fingerprint density at radius 2 is 1.86 bits per heavy atom. The Labute approximate surface area is 124 Å². The van der Waals surface area contributed by atoms with Crippen molar-refractivity contribution >= 4 is 15.7 Å². The number of sulfonamides is 1. The van der Waals surface area contributed by atoms with Gasteiger partial charge in [-0.05, 0) is 18.6 Å². The summed E-state index contributed by atoms with van der Waals surface area (Å²) in [4.78, 5) is 10.4. The highest BCUT2D eigenvalue weighted by Gasteiger charge is 2.26. The molecule has 0 amide bonds. The zero-order valence-corrected chi connectivity index (χ0v) is 13.2. The SMILES string of the molecule is CCCOc1ccc(S(=O)(=O)N(CC)CC)cc1[N+](=O)[O-]. The Kier molecular flexibility index (Phi) is 6.10. The first-order chi connectivity index (χ1) is 9.88. The zero-order valence-electron chi connectivity index (χ0n) is 12.4. The molecule has 0 N–H and O–H groups in total. The van der Waals surface area contributed by atoms with Gasteiger partial charge in [-0.15, -0.1) is 0 Å². The normalized spacial score (nSPS) is 11.6. The highest BCUT2D eigenvalue weighted by Crippen LogP contribution is 2.30. The van der Waals surface area contributed by atoms with Crippen LogP contribution in [0.25, 0.3) is 0 Å². The molecule has 1 aromatic carbocycles. The summed E-state index contributed by atoms with van der Waals surface area (Å²) in [5.41, 5.74) is -0.336. The average molecular weight is 316 g/mol. The first kappa shape index (κ1) is 17.4. The lowest BCUT2D eigenvalue weighted by Gasteiger charge is -2.18. The lowest BCUT2D eigenvalue weighted by Crippen LogP contribution is -2.30. The van der Waals surface area contributed by atoms with Gasteiger partial charge in [0.15, 0.2) is 5.75 Å². The van der Waals surface area contributed by atoms with Crippen molar-refractivity contribution in [3.63, 3.8) is 0 Å². The monoisotopic (exact) mass is 316 g/mol. The molecular formula is C13H20N2O5S. The minimum absolute atomic E-state index is 0.0837. The van der Waals surface area contributed by atoms with Gasteiger partial charge in [0.25, 0.3) is 0 Å². The van der Waals surface area contributed by atoms with E-state index in [1.54, 1.807) is 13.8 Å². The van der Waals surface area contributed by atoms with Crippen LogP contribution in [0.15, 0.2) is 23.1 Å². The molecule has 118 valence electrons. The fourth-order valence-corrected chi connectivity index (χ4v) is 3.33. The molecule has 0 unspecified atom stereocenters. The molecule has 7 nitrogen and oxygen atoms in total. The van der Waals surface area contributed by atoms with Crippen LogP contribution in [0.5, 0.6) is 5.75 Å². The second kappa shape index (κ2) is 7.37. The Balaban J connectivity index is 3.28. The Bertz CT molecular complexity index is 597. The first-order valence-electron chi connectivity index (χ1n) is 6.79. The molecule has 0 saturated heterocycles. The third-order valence-electron chi connectivity index (χ3n) is 2.93. The van der Waals surface area contributed by atoms with E-state index in [-0.39, 0.29) is 16.3 Å². The standard InChI is InChI=1S/C13H20N2O5S/c1-4-9-20-13-8-7-11(10-12(13)15(16)17)21(18,19)14(5-2)6-3/h7-8,10H,4-6,9H2,1-3H3. The molecule has 8 heteroatoms. The Morgan fingerprint density at radius 1 is 1.24 bits per heavy atom. The van der Waals surface area contributed by atoms with Crippen molar-refractivity contribution in [2.75, 3.05) is 19.7 Å². The van der Waals surface area contributed by atoms with Crippen LogP contribution in [0, 0.1) is 10.1 Å².